The van der Waals surface area contributed by atoms with Gasteiger partial charge < -0.3 is 15.2 Å². The third-order valence-electron chi connectivity index (χ3n) is 4.17. The van der Waals surface area contributed by atoms with Crippen molar-refractivity contribution < 1.29 is 19.5 Å². The fourth-order valence-corrected chi connectivity index (χ4v) is 2.76. The van der Waals surface area contributed by atoms with Crippen LogP contribution < -0.4 is 15.2 Å². The van der Waals surface area contributed by atoms with Crippen LogP contribution in [0.25, 0.3) is 0 Å². The van der Waals surface area contributed by atoms with Gasteiger partial charge in [-0.1, -0.05) is 12.1 Å². The monoisotopic (exact) mass is 328 g/mol. The third-order valence-corrected chi connectivity index (χ3v) is 4.17. The zero-order chi connectivity index (χ0) is 17.1. The Morgan fingerprint density at radius 3 is 2.58 bits per heavy atom. The number of hydroxylamine groups is 2. The molecule has 2 aromatic carbocycles. The minimum absolute atomic E-state index is 0.221. The first kappa shape index (κ1) is 16.1. The van der Waals surface area contributed by atoms with E-state index in [1.807, 2.05) is 48.5 Å². The second kappa shape index (κ2) is 6.80. The van der Waals surface area contributed by atoms with Gasteiger partial charge in [0.2, 0.25) is 0 Å². The summed E-state index contributed by atoms with van der Waals surface area (Å²) in [5.41, 5.74) is 6.16. The second-order valence-electron chi connectivity index (χ2n) is 5.87. The van der Waals surface area contributed by atoms with E-state index in [2.05, 4.69) is 0 Å². The highest BCUT2D eigenvalue weighted by molar-refractivity contribution is 5.70. The average molecular weight is 328 g/mol. The standard InChI is InChI=1S/C18H20N2O4/c1-23-14-5-7-15(8-6-14)24-16-4-2-3-12(9-16)17-10-13(17)11-20(22)18(19)21/h2-9,13,17,22H,10-11H2,1H3,(H2,19,21). The Balaban J connectivity index is 1.63. The summed E-state index contributed by atoms with van der Waals surface area (Å²) in [6.07, 6.45) is 0.913. The summed E-state index contributed by atoms with van der Waals surface area (Å²) in [5, 5.41) is 9.99. The van der Waals surface area contributed by atoms with Crippen LogP contribution in [0.1, 0.15) is 17.9 Å². The van der Waals surface area contributed by atoms with Crippen LogP contribution >= 0.6 is 0 Å². The topological polar surface area (TPSA) is 85.0 Å². The zero-order valence-corrected chi connectivity index (χ0v) is 13.4. The molecule has 0 aliphatic heterocycles. The van der Waals surface area contributed by atoms with E-state index in [9.17, 15) is 10.0 Å². The number of hydrogen-bond acceptors (Lipinski definition) is 4. The molecule has 0 radical (unpaired) electrons. The Hall–Kier alpha value is -2.73. The SMILES string of the molecule is COc1ccc(Oc2cccc(C3CC3CN(O)C(N)=O)c2)cc1. The van der Waals surface area contributed by atoms with Crippen LogP contribution in [0, 0.1) is 5.92 Å². The molecule has 2 unspecified atom stereocenters. The molecule has 1 saturated carbocycles. The molecule has 1 aliphatic carbocycles. The number of urea groups is 1. The van der Waals surface area contributed by atoms with Crippen molar-refractivity contribution in [2.75, 3.05) is 13.7 Å². The van der Waals surface area contributed by atoms with E-state index in [0.717, 1.165) is 29.2 Å². The number of methoxy groups -OCH3 is 1. The Labute approximate surface area is 140 Å². The highest BCUT2D eigenvalue weighted by atomic mass is 16.5. The van der Waals surface area contributed by atoms with Gasteiger partial charge in [0.05, 0.1) is 13.7 Å². The van der Waals surface area contributed by atoms with Crippen molar-refractivity contribution in [1.29, 1.82) is 0 Å². The predicted octanol–water partition coefficient (Wildman–Crippen LogP) is 3.36. The summed E-state index contributed by atoms with van der Waals surface area (Å²) in [5.74, 6) is 2.78. The quantitative estimate of drug-likeness (QED) is 0.629. The molecule has 0 heterocycles. The van der Waals surface area contributed by atoms with Gasteiger partial charge in [-0.15, -0.1) is 0 Å². The van der Waals surface area contributed by atoms with Gasteiger partial charge in [0, 0.05) is 0 Å². The number of primary amides is 1. The van der Waals surface area contributed by atoms with Crippen molar-refractivity contribution in [2.45, 2.75) is 12.3 Å². The van der Waals surface area contributed by atoms with Crippen LogP contribution in [0.4, 0.5) is 4.79 Å². The first-order chi connectivity index (χ1) is 11.6. The Morgan fingerprint density at radius 1 is 1.21 bits per heavy atom. The largest absolute Gasteiger partial charge is 0.497 e. The third kappa shape index (κ3) is 3.78. The molecule has 0 spiro atoms. The number of benzene rings is 2. The highest BCUT2D eigenvalue weighted by Gasteiger charge is 2.40. The number of hydrogen-bond donors (Lipinski definition) is 2. The fraction of sp³-hybridized carbons (Fsp3) is 0.278. The maximum atomic E-state index is 10.9. The molecular formula is C18H20N2O4. The predicted molar refractivity (Wildman–Crippen MR) is 88.4 cm³/mol. The maximum absolute atomic E-state index is 10.9. The van der Waals surface area contributed by atoms with Gasteiger partial charge in [-0.05, 0) is 60.2 Å². The number of nitrogens with zero attached hydrogens (tertiary/aromatic N) is 1. The van der Waals surface area contributed by atoms with Crippen molar-refractivity contribution in [3.05, 3.63) is 54.1 Å². The molecule has 1 fully saturated rings. The van der Waals surface area contributed by atoms with Crippen LogP contribution in [0.5, 0.6) is 17.2 Å². The summed E-state index contributed by atoms with van der Waals surface area (Å²) in [7, 11) is 1.62. The van der Waals surface area contributed by atoms with Crippen LogP contribution in [0.2, 0.25) is 0 Å². The molecule has 3 N–H and O–H groups in total. The molecule has 6 nitrogen and oxygen atoms in total. The van der Waals surface area contributed by atoms with E-state index in [0.29, 0.717) is 11.0 Å². The van der Waals surface area contributed by atoms with E-state index < -0.39 is 6.03 Å². The number of amides is 2. The summed E-state index contributed by atoms with van der Waals surface area (Å²) >= 11 is 0. The molecular weight excluding hydrogens is 308 g/mol. The smallest absolute Gasteiger partial charge is 0.338 e. The van der Waals surface area contributed by atoms with E-state index in [4.69, 9.17) is 15.2 Å². The first-order valence-electron chi connectivity index (χ1n) is 7.74. The average Bonchev–Trinajstić information content (AvgIpc) is 3.35. The van der Waals surface area contributed by atoms with Crippen molar-refractivity contribution in [3.8, 4) is 17.2 Å². The fourth-order valence-electron chi connectivity index (χ4n) is 2.76. The van der Waals surface area contributed by atoms with Gasteiger partial charge in [0.1, 0.15) is 17.2 Å². The van der Waals surface area contributed by atoms with E-state index in [1.165, 1.54) is 0 Å². The van der Waals surface area contributed by atoms with Crippen LogP contribution in [-0.2, 0) is 0 Å². The van der Waals surface area contributed by atoms with Crippen molar-refractivity contribution in [2.24, 2.45) is 11.7 Å². The second-order valence-corrected chi connectivity index (χ2v) is 5.87. The number of carbonyl (C=O) groups is 1. The minimum atomic E-state index is -0.822. The number of rotatable bonds is 6. The molecule has 2 aromatic rings. The van der Waals surface area contributed by atoms with Crippen LogP contribution in [0.3, 0.4) is 0 Å². The van der Waals surface area contributed by atoms with Gasteiger partial charge in [0.25, 0.3) is 0 Å². The summed E-state index contributed by atoms with van der Waals surface area (Å²) < 4.78 is 11.0. The van der Waals surface area contributed by atoms with E-state index in [-0.39, 0.29) is 12.5 Å². The summed E-state index contributed by atoms with van der Waals surface area (Å²) in [6, 6.07) is 14.4. The lowest BCUT2D eigenvalue weighted by atomic mass is 10.1. The summed E-state index contributed by atoms with van der Waals surface area (Å²) in [6.45, 7) is 0.254. The molecule has 0 bridgehead atoms. The molecule has 2 amide bonds. The van der Waals surface area contributed by atoms with Crippen molar-refractivity contribution >= 4 is 6.03 Å². The molecule has 6 heteroatoms. The molecule has 0 saturated heterocycles. The molecule has 2 atom stereocenters. The van der Waals surface area contributed by atoms with Gasteiger partial charge >= 0.3 is 6.03 Å². The number of ether oxygens (including phenoxy) is 2. The lowest BCUT2D eigenvalue weighted by molar-refractivity contribution is -0.0431. The van der Waals surface area contributed by atoms with Gasteiger partial charge in [0.15, 0.2) is 0 Å². The number of nitrogens with two attached hydrogens (primary N) is 1. The van der Waals surface area contributed by atoms with Crippen LogP contribution in [0.15, 0.2) is 48.5 Å². The highest BCUT2D eigenvalue weighted by Crippen LogP contribution is 2.48. The molecule has 0 aromatic heterocycles. The molecule has 3 rings (SSSR count). The van der Waals surface area contributed by atoms with Crippen molar-refractivity contribution in [1.82, 2.24) is 5.06 Å². The summed E-state index contributed by atoms with van der Waals surface area (Å²) in [4.78, 5) is 10.9. The van der Waals surface area contributed by atoms with Gasteiger partial charge in [-0.25, -0.2) is 9.86 Å². The first-order valence-corrected chi connectivity index (χ1v) is 7.74. The lowest BCUT2D eigenvalue weighted by Gasteiger charge is -2.11. The Bertz CT molecular complexity index is 717. The van der Waals surface area contributed by atoms with Gasteiger partial charge in [-0.3, -0.25) is 5.21 Å². The molecule has 24 heavy (non-hydrogen) atoms. The Kier molecular flexibility index (Phi) is 4.57. The van der Waals surface area contributed by atoms with Crippen molar-refractivity contribution in [3.63, 3.8) is 0 Å². The molecule has 1 aliphatic rings. The number of carbonyl (C=O) groups excluding carboxylic acids is 1. The zero-order valence-electron chi connectivity index (χ0n) is 13.4. The normalized spacial score (nSPS) is 18.8. The van der Waals surface area contributed by atoms with E-state index >= 15 is 0 Å². The Morgan fingerprint density at radius 2 is 1.92 bits per heavy atom. The molecule has 126 valence electrons. The van der Waals surface area contributed by atoms with Gasteiger partial charge in [-0.2, -0.15) is 0 Å². The lowest BCUT2D eigenvalue weighted by Crippen LogP contribution is -2.34. The minimum Gasteiger partial charge on any atom is -0.497 e. The van der Waals surface area contributed by atoms with Crippen LogP contribution in [-0.4, -0.2) is 30.0 Å². The maximum Gasteiger partial charge on any atom is 0.338 e. The van der Waals surface area contributed by atoms with E-state index in [1.54, 1.807) is 7.11 Å².